The van der Waals surface area contributed by atoms with Crippen molar-refractivity contribution in [1.82, 2.24) is 5.43 Å². The molecule has 0 aliphatic heterocycles. The monoisotopic (exact) mass is 358 g/mol. The summed E-state index contributed by atoms with van der Waals surface area (Å²) in [5.41, 5.74) is 2.95. The van der Waals surface area contributed by atoms with Crippen LogP contribution in [0.1, 0.15) is 12.5 Å². The zero-order chi connectivity index (χ0) is 18.9. The number of rotatable bonds is 8. The number of aromatic hydroxyl groups is 1. The molecule has 1 amide bonds. The van der Waals surface area contributed by atoms with Crippen molar-refractivity contribution in [3.8, 4) is 11.5 Å². The average Bonchev–Trinajstić information content (AvgIpc) is 2.63. The highest BCUT2D eigenvalue weighted by molar-refractivity contribution is 5.86. The molecule has 0 bridgehead atoms. The third-order valence-electron chi connectivity index (χ3n) is 3.23. The number of nitrogens with one attached hydrogen (secondary N) is 2. The van der Waals surface area contributed by atoms with Gasteiger partial charge >= 0.3 is 0 Å². The van der Waals surface area contributed by atoms with Crippen LogP contribution >= 0.6 is 0 Å². The normalized spacial score (nSPS) is 10.5. The number of hydrazone groups is 1. The molecule has 0 saturated carbocycles. The number of benzene rings is 2. The summed E-state index contributed by atoms with van der Waals surface area (Å²) in [7, 11) is 0. The first-order valence-corrected chi connectivity index (χ1v) is 7.75. The lowest BCUT2D eigenvalue weighted by Gasteiger charge is -2.07. The van der Waals surface area contributed by atoms with Gasteiger partial charge < -0.3 is 15.2 Å². The summed E-state index contributed by atoms with van der Waals surface area (Å²) in [6.07, 6.45) is 1.14. The molecule has 0 heterocycles. The van der Waals surface area contributed by atoms with Crippen molar-refractivity contribution in [1.29, 1.82) is 0 Å². The predicted octanol–water partition coefficient (Wildman–Crippen LogP) is 2.26. The Labute approximate surface area is 149 Å². The van der Waals surface area contributed by atoms with Crippen molar-refractivity contribution >= 4 is 23.5 Å². The van der Waals surface area contributed by atoms with E-state index in [-0.39, 0.29) is 23.5 Å². The lowest BCUT2D eigenvalue weighted by Crippen LogP contribution is -2.25. The number of anilines is 1. The van der Waals surface area contributed by atoms with Crippen molar-refractivity contribution in [2.45, 2.75) is 6.92 Å². The topological polar surface area (TPSA) is 126 Å². The van der Waals surface area contributed by atoms with Gasteiger partial charge in [0, 0.05) is 23.4 Å². The van der Waals surface area contributed by atoms with E-state index in [1.54, 1.807) is 24.3 Å². The molecule has 0 saturated heterocycles. The molecule has 0 aliphatic carbocycles. The summed E-state index contributed by atoms with van der Waals surface area (Å²) < 4.78 is 5.33. The SMILES string of the molecule is CCOc1ccc(NCC(=O)NN=Cc2cc([N+](=O)[O-])ccc2O)cc1. The van der Waals surface area contributed by atoms with Gasteiger partial charge in [0.05, 0.1) is 24.3 Å². The Morgan fingerprint density at radius 2 is 2.04 bits per heavy atom. The standard InChI is InChI=1S/C17H18N4O5/c1-2-26-15-6-3-13(4-7-15)18-11-17(23)20-19-10-12-9-14(21(24)25)5-8-16(12)22/h3-10,18,22H,2,11H2,1H3,(H,20,23). The van der Waals surface area contributed by atoms with Gasteiger partial charge in [0.2, 0.25) is 0 Å². The summed E-state index contributed by atoms with van der Waals surface area (Å²) in [4.78, 5) is 21.9. The molecule has 9 heteroatoms. The molecule has 2 aromatic carbocycles. The smallest absolute Gasteiger partial charge is 0.270 e. The minimum Gasteiger partial charge on any atom is -0.507 e. The number of hydrogen-bond donors (Lipinski definition) is 3. The Morgan fingerprint density at radius 1 is 1.31 bits per heavy atom. The molecule has 3 N–H and O–H groups in total. The number of phenolic OH excluding ortho intramolecular Hbond substituents is 1. The van der Waals surface area contributed by atoms with Gasteiger partial charge in [-0.15, -0.1) is 0 Å². The number of amides is 1. The minimum atomic E-state index is -0.587. The fourth-order valence-electron chi connectivity index (χ4n) is 1.99. The van der Waals surface area contributed by atoms with Crippen LogP contribution in [0.4, 0.5) is 11.4 Å². The molecular formula is C17H18N4O5. The Bertz CT molecular complexity index is 805. The molecule has 0 unspecified atom stereocenters. The number of ether oxygens (including phenoxy) is 1. The van der Waals surface area contributed by atoms with Crippen LogP contribution in [-0.2, 0) is 4.79 Å². The third-order valence-corrected chi connectivity index (χ3v) is 3.23. The van der Waals surface area contributed by atoms with Crippen molar-refractivity contribution in [2.24, 2.45) is 5.10 Å². The van der Waals surface area contributed by atoms with Crippen molar-refractivity contribution in [3.63, 3.8) is 0 Å². The van der Waals surface area contributed by atoms with Gasteiger partial charge in [0.25, 0.3) is 11.6 Å². The summed E-state index contributed by atoms with van der Waals surface area (Å²) in [5.74, 6) is 0.144. The van der Waals surface area contributed by atoms with E-state index in [1.807, 2.05) is 6.92 Å². The van der Waals surface area contributed by atoms with Crippen molar-refractivity contribution in [2.75, 3.05) is 18.5 Å². The highest BCUT2D eigenvalue weighted by Gasteiger charge is 2.09. The molecule has 0 aromatic heterocycles. The van der Waals surface area contributed by atoms with Gasteiger partial charge in [-0.25, -0.2) is 5.43 Å². The van der Waals surface area contributed by atoms with Crippen molar-refractivity contribution in [3.05, 3.63) is 58.1 Å². The second kappa shape index (κ2) is 9.02. The molecule has 9 nitrogen and oxygen atoms in total. The number of phenols is 1. The number of nitro benzene ring substituents is 1. The molecule has 2 rings (SSSR count). The Hall–Kier alpha value is -3.62. The van der Waals surface area contributed by atoms with Gasteiger partial charge in [0.1, 0.15) is 11.5 Å². The molecule has 0 radical (unpaired) electrons. The van der Waals surface area contributed by atoms with Gasteiger partial charge in [0.15, 0.2) is 0 Å². The van der Waals surface area contributed by atoms with Gasteiger partial charge in [-0.2, -0.15) is 5.10 Å². The minimum absolute atomic E-state index is 0.0216. The zero-order valence-electron chi connectivity index (χ0n) is 14.0. The first kappa shape index (κ1) is 18.7. The average molecular weight is 358 g/mol. The second-order valence-corrected chi connectivity index (χ2v) is 5.10. The molecule has 0 atom stereocenters. The highest BCUT2D eigenvalue weighted by Crippen LogP contribution is 2.21. The first-order chi connectivity index (χ1) is 12.5. The van der Waals surface area contributed by atoms with Crippen molar-refractivity contribution < 1.29 is 19.6 Å². The second-order valence-electron chi connectivity index (χ2n) is 5.10. The molecule has 0 fully saturated rings. The number of nitrogens with zero attached hydrogens (tertiary/aromatic N) is 2. The molecular weight excluding hydrogens is 340 g/mol. The number of carbonyl (C=O) groups excluding carboxylic acids is 1. The molecule has 0 spiro atoms. The maximum absolute atomic E-state index is 11.8. The number of non-ortho nitro benzene ring substituents is 1. The van der Waals surface area contributed by atoms with Gasteiger partial charge in [-0.1, -0.05) is 0 Å². The largest absolute Gasteiger partial charge is 0.507 e. The van der Waals surface area contributed by atoms with Crippen LogP contribution in [0.25, 0.3) is 0 Å². The van der Waals surface area contributed by atoms with E-state index in [1.165, 1.54) is 12.1 Å². The van der Waals surface area contributed by atoms with E-state index in [9.17, 15) is 20.0 Å². The van der Waals surface area contributed by atoms with E-state index in [4.69, 9.17) is 4.74 Å². The number of carbonyl (C=O) groups is 1. The number of nitro groups is 1. The third kappa shape index (κ3) is 5.48. The van der Waals surface area contributed by atoms with E-state index in [0.717, 1.165) is 23.7 Å². The Kier molecular flexibility index (Phi) is 6.49. The Balaban J connectivity index is 1.85. The fraction of sp³-hybridized carbons (Fsp3) is 0.176. The number of hydrogen-bond acceptors (Lipinski definition) is 7. The van der Waals surface area contributed by atoms with Gasteiger partial charge in [-0.3, -0.25) is 14.9 Å². The van der Waals surface area contributed by atoms with Gasteiger partial charge in [-0.05, 0) is 37.3 Å². The molecule has 2 aromatic rings. The molecule has 136 valence electrons. The van der Waals surface area contributed by atoms with Crippen LogP contribution in [0.2, 0.25) is 0 Å². The van der Waals surface area contributed by atoms with E-state index in [0.29, 0.717) is 6.61 Å². The van der Waals surface area contributed by atoms with Crippen LogP contribution in [-0.4, -0.2) is 35.3 Å². The maximum Gasteiger partial charge on any atom is 0.270 e. The summed E-state index contributed by atoms with van der Waals surface area (Å²) in [5, 5.41) is 27.0. The van der Waals surface area contributed by atoms with Crippen LogP contribution in [0.3, 0.4) is 0 Å². The van der Waals surface area contributed by atoms with Crippen LogP contribution in [0.15, 0.2) is 47.6 Å². The van der Waals surface area contributed by atoms with Crippen LogP contribution in [0, 0.1) is 10.1 Å². The summed E-state index contributed by atoms with van der Waals surface area (Å²) in [6, 6.07) is 10.6. The molecule has 0 aliphatic rings. The van der Waals surface area contributed by atoms with E-state index >= 15 is 0 Å². The summed E-state index contributed by atoms with van der Waals surface area (Å²) in [6.45, 7) is 2.45. The van der Waals surface area contributed by atoms with Crippen LogP contribution in [0.5, 0.6) is 11.5 Å². The lowest BCUT2D eigenvalue weighted by molar-refractivity contribution is -0.384. The van der Waals surface area contributed by atoms with Crippen LogP contribution < -0.4 is 15.5 Å². The zero-order valence-corrected chi connectivity index (χ0v) is 14.0. The maximum atomic E-state index is 11.8. The van der Waals surface area contributed by atoms with E-state index < -0.39 is 10.8 Å². The first-order valence-electron chi connectivity index (χ1n) is 7.75. The highest BCUT2D eigenvalue weighted by atomic mass is 16.6. The Morgan fingerprint density at radius 3 is 2.69 bits per heavy atom. The predicted molar refractivity (Wildman–Crippen MR) is 96.6 cm³/mol. The fourth-order valence-corrected chi connectivity index (χ4v) is 1.99. The lowest BCUT2D eigenvalue weighted by atomic mass is 10.2. The quantitative estimate of drug-likeness (QED) is 0.377. The summed E-state index contributed by atoms with van der Waals surface area (Å²) >= 11 is 0. The molecule has 26 heavy (non-hydrogen) atoms. The van der Waals surface area contributed by atoms with E-state index in [2.05, 4.69) is 15.8 Å².